The van der Waals surface area contributed by atoms with Crippen LogP contribution in [0.3, 0.4) is 0 Å². The van der Waals surface area contributed by atoms with Crippen LogP contribution in [0.1, 0.15) is 18.2 Å². The van der Waals surface area contributed by atoms with Crippen molar-refractivity contribution in [3.63, 3.8) is 0 Å². The van der Waals surface area contributed by atoms with Crippen molar-refractivity contribution in [2.24, 2.45) is 0 Å². The molecule has 1 heterocycles. The van der Waals surface area contributed by atoms with Gasteiger partial charge in [-0.25, -0.2) is 0 Å². The maximum Gasteiger partial charge on any atom is 0.110 e. The summed E-state index contributed by atoms with van der Waals surface area (Å²) in [5.74, 6) is 0. The molecule has 0 aliphatic carbocycles. The van der Waals surface area contributed by atoms with Crippen LogP contribution in [0.2, 0.25) is 0 Å². The summed E-state index contributed by atoms with van der Waals surface area (Å²) in [6, 6.07) is 3.46. The Morgan fingerprint density at radius 2 is 2.25 bits per heavy atom. The van der Waals surface area contributed by atoms with Gasteiger partial charge in [-0.1, -0.05) is 0 Å². The second-order valence-electron chi connectivity index (χ2n) is 3.12. The summed E-state index contributed by atoms with van der Waals surface area (Å²) in [5, 5.41) is 18.5. The minimum atomic E-state index is -1.16. The lowest BCUT2D eigenvalue weighted by atomic mass is 9.98. The molecule has 2 N–H and O–H groups in total. The SMILES string of the molecule is Cc1cc(C(C)(O)CO)ccn1. The van der Waals surface area contributed by atoms with Crippen molar-refractivity contribution in [1.82, 2.24) is 4.98 Å². The molecule has 0 aromatic carbocycles. The van der Waals surface area contributed by atoms with E-state index in [1.54, 1.807) is 25.3 Å². The molecule has 1 aromatic rings. The summed E-state index contributed by atoms with van der Waals surface area (Å²) in [5.41, 5.74) is 0.368. The topological polar surface area (TPSA) is 53.4 Å². The summed E-state index contributed by atoms with van der Waals surface area (Å²) >= 11 is 0. The van der Waals surface area contributed by atoms with E-state index in [-0.39, 0.29) is 6.61 Å². The van der Waals surface area contributed by atoms with E-state index < -0.39 is 5.60 Å². The van der Waals surface area contributed by atoms with E-state index in [0.717, 1.165) is 5.69 Å². The van der Waals surface area contributed by atoms with E-state index in [1.165, 1.54) is 0 Å². The van der Waals surface area contributed by atoms with E-state index in [0.29, 0.717) is 5.56 Å². The minimum Gasteiger partial charge on any atom is -0.393 e. The van der Waals surface area contributed by atoms with Crippen LogP contribution >= 0.6 is 0 Å². The molecule has 1 atom stereocenters. The Morgan fingerprint density at radius 1 is 1.58 bits per heavy atom. The first-order chi connectivity index (χ1) is 5.56. The lowest BCUT2D eigenvalue weighted by Gasteiger charge is -2.20. The van der Waals surface area contributed by atoms with E-state index in [2.05, 4.69) is 4.98 Å². The Labute approximate surface area is 71.7 Å². The maximum atomic E-state index is 9.64. The molecule has 0 fully saturated rings. The third-order valence-corrected chi connectivity index (χ3v) is 1.83. The molecule has 3 nitrogen and oxygen atoms in total. The van der Waals surface area contributed by atoms with Gasteiger partial charge < -0.3 is 10.2 Å². The average Bonchev–Trinajstić information content (AvgIpc) is 2.05. The zero-order chi connectivity index (χ0) is 9.19. The Morgan fingerprint density at radius 3 is 2.75 bits per heavy atom. The lowest BCUT2D eigenvalue weighted by Crippen LogP contribution is -2.25. The fourth-order valence-corrected chi connectivity index (χ4v) is 0.972. The summed E-state index contributed by atoms with van der Waals surface area (Å²) in [4.78, 5) is 3.99. The molecule has 1 rings (SSSR count). The lowest BCUT2D eigenvalue weighted by molar-refractivity contribution is -0.00239. The molecule has 66 valence electrons. The third kappa shape index (κ3) is 1.81. The molecule has 0 bridgehead atoms. The quantitative estimate of drug-likeness (QED) is 0.677. The van der Waals surface area contributed by atoms with Crippen LogP contribution in [0, 0.1) is 6.92 Å². The number of rotatable bonds is 2. The molecule has 0 spiro atoms. The average molecular weight is 167 g/mol. The predicted octanol–water partition coefficient (Wildman–Crippen LogP) is 0.590. The Kier molecular flexibility index (Phi) is 2.45. The van der Waals surface area contributed by atoms with E-state index >= 15 is 0 Å². The zero-order valence-electron chi connectivity index (χ0n) is 7.28. The van der Waals surface area contributed by atoms with Gasteiger partial charge in [0.15, 0.2) is 0 Å². The molecule has 1 unspecified atom stereocenters. The van der Waals surface area contributed by atoms with Crippen molar-refractivity contribution in [3.05, 3.63) is 29.6 Å². The van der Waals surface area contributed by atoms with Crippen molar-refractivity contribution in [1.29, 1.82) is 0 Å². The minimum absolute atomic E-state index is 0.281. The monoisotopic (exact) mass is 167 g/mol. The molecule has 0 aliphatic rings. The Bertz CT molecular complexity index is 271. The second kappa shape index (κ2) is 3.21. The molecule has 0 saturated heterocycles. The van der Waals surface area contributed by atoms with Crippen molar-refractivity contribution >= 4 is 0 Å². The Balaban J connectivity index is 3.03. The molecule has 3 heteroatoms. The van der Waals surface area contributed by atoms with Gasteiger partial charge in [-0.3, -0.25) is 4.98 Å². The van der Waals surface area contributed by atoms with Crippen LogP contribution in [-0.4, -0.2) is 21.8 Å². The molecular weight excluding hydrogens is 154 g/mol. The van der Waals surface area contributed by atoms with Crippen LogP contribution in [0.25, 0.3) is 0 Å². The molecular formula is C9H13NO2. The van der Waals surface area contributed by atoms with Crippen molar-refractivity contribution < 1.29 is 10.2 Å². The number of aliphatic hydroxyl groups excluding tert-OH is 1. The highest BCUT2D eigenvalue weighted by atomic mass is 16.3. The molecule has 0 aliphatic heterocycles. The first-order valence-corrected chi connectivity index (χ1v) is 3.82. The van der Waals surface area contributed by atoms with Gasteiger partial charge in [-0.05, 0) is 31.5 Å². The van der Waals surface area contributed by atoms with Crippen LogP contribution in [0.4, 0.5) is 0 Å². The second-order valence-corrected chi connectivity index (χ2v) is 3.12. The van der Waals surface area contributed by atoms with Crippen molar-refractivity contribution in [3.8, 4) is 0 Å². The summed E-state index contributed by atoms with van der Waals surface area (Å²) < 4.78 is 0. The maximum absolute atomic E-state index is 9.64. The van der Waals surface area contributed by atoms with E-state index in [1.807, 2.05) is 6.92 Å². The largest absolute Gasteiger partial charge is 0.393 e. The van der Waals surface area contributed by atoms with Crippen LogP contribution in [-0.2, 0) is 5.60 Å². The number of hydrogen-bond donors (Lipinski definition) is 2. The summed E-state index contributed by atoms with van der Waals surface area (Å²) in [6.07, 6.45) is 1.62. The number of nitrogens with zero attached hydrogens (tertiary/aromatic N) is 1. The van der Waals surface area contributed by atoms with Gasteiger partial charge >= 0.3 is 0 Å². The van der Waals surface area contributed by atoms with Gasteiger partial charge in [0.1, 0.15) is 5.60 Å². The number of aromatic nitrogens is 1. The van der Waals surface area contributed by atoms with E-state index in [9.17, 15) is 5.11 Å². The predicted molar refractivity (Wildman–Crippen MR) is 45.6 cm³/mol. The van der Waals surface area contributed by atoms with Gasteiger partial charge in [-0.2, -0.15) is 0 Å². The van der Waals surface area contributed by atoms with Crippen LogP contribution < -0.4 is 0 Å². The van der Waals surface area contributed by atoms with Gasteiger partial charge in [0, 0.05) is 11.9 Å². The molecule has 0 radical (unpaired) electrons. The smallest absolute Gasteiger partial charge is 0.110 e. The summed E-state index contributed by atoms with van der Waals surface area (Å²) in [6.45, 7) is 3.13. The highest BCUT2D eigenvalue weighted by Gasteiger charge is 2.21. The first-order valence-electron chi connectivity index (χ1n) is 3.82. The molecule has 0 saturated carbocycles. The number of pyridine rings is 1. The van der Waals surface area contributed by atoms with Crippen LogP contribution in [0.15, 0.2) is 18.3 Å². The number of aliphatic hydroxyl groups is 2. The highest BCUT2D eigenvalue weighted by molar-refractivity contribution is 5.21. The highest BCUT2D eigenvalue weighted by Crippen LogP contribution is 2.19. The van der Waals surface area contributed by atoms with Crippen molar-refractivity contribution in [2.45, 2.75) is 19.4 Å². The van der Waals surface area contributed by atoms with Crippen LogP contribution in [0.5, 0.6) is 0 Å². The number of hydrogen-bond acceptors (Lipinski definition) is 3. The number of aryl methyl sites for hydroxylation is 1. The molecule has 1 aromatic heterocycles. The molecule has 12 heavy (non-hydrogen) atoms. The first kappa shape index (κ1) is 9.16. The Hall–Kier alpha value is -0.930. The van der Waals surface area contributed by atoms with Gasteiger partial charge in [0.05, 0.1) is 6.61 Å². The third-order valence-electron chi connectivity index (χ3n) is 1.83. The van der Waals surface area contributed by atoms with Gasteiger partial charge in [-0.15, -0.1) is 0 Å². The zero-order valence-corrected chi connectivity index (χ0v) is 7.28. The van der Waals surface area contributed by atoms with Crippen molar-refractivity contribution in [2.75, 3.05) is 6.61 Å². The summed E-state index contributed by atoms with van der Waals surface area (Å²) in [7, 11) is 0. The standard InChI is InChI=1S/C9H13NO2/c1-7-5-8(3-4-10-7)9(2,12)6-11/h3-5,11-12H,6H2,1-2H3. The fraction of sp³-hybridized carbons (Fsp3) is 0.444. The van der Waals surface area contributed by atoms with E-state index in [4.69, 9.17) is 5.11 Å². The van der Waals surface area contributed by atoms with Gasteiger partial charge in [0.25, 0.3) is 0 Å². The fourth-order valence-electron chi connectivity index (χ4n) is 0.972. The molecule has 0 amide bonds. The normalized spacial score (nSPS) is 15.7. The van der Waals surface area contributed by atoms with Gasteiger partial charge in [0.2, 0.25) is 0 Å².